The molecule has 0 bridgehead atoms. The van der Waals surface area contributed by atoms with Crippen molar-refractivity contribution < 1.29 is 4.79 Å². The van der Waals surface area contributed by atoms with Crippen LogP contribution >= 0.6 is 0 Å². The number of rotatable bonds is 5. The molecule has 1 aliphatic carbocycles. The minimum Gasteiger partial charge on any atom is -0.345 e. The molecule has 3 rings (SSSR count). The van der Waals surface area contributed by atoms with E-state index in [2.05, 4.69) is 27.5 Å². The van der Waals surface area contributed by atoms with Gasteiger partial charge in [0.05, 0.1) is 23.1 Å². The third kappa shape index (κ3) is 2.29. The summed E-state index contributed by atoms with van der Waals surface area (Å²) in [6.07, 6.45) is 5.83. The Kier molecular flexibility index (Phi) is 3.44. The number of nitrogens with one attached hydrogen (secondary N) is 3. The predicted octanol–water partition coefficient (Wildman–Crippen LogP) is 2.17. The minimum absolute atomic E-state index is 0.0500. The molecule has 1 fully saturated rings. The van der Waals surface area contributed by atoms with E-state index in [-0.39, 0.29) is 11.6 Å². The molecule has 0 spiro atoms. The second-order valence-corrected chi connectivity index (χ2v) is 5.42. The Balaban J connectivity index is 1.80. The number of carbonyl (C=O) groups is 1. The average Bonchev–Trinajstić information content (AvgIpc) is 2.89. The monoisotopic (exact) mass is 272 g/mol. The number of hydrogen-bond acceptors (Lipinski definition) is 3. The number of amides is 1. The van der Waals surface area contributed by atoms with E-state index in [0.29, 0.717) is 5.56 Å². The topological polar surface area (TPSA) is 69.8 Å². The normalized spacial score (nSPS) is 16.9. The van der Waals surface area contributed by atoms with E-state index in [4.69, 9.17) is 0 Å². The maximum Gasteiger partial charge on any atom is 0.254 e. The number of H-pyrrole nitrogens is 1. The van der Waals surface area contributed by atoms with Crippen LogP contribution in [0.4, 0.5) is 0 Å². The van der Waals surface area contributed by atoms with Gasteiger partial charge in [0, 0.05) is 0 Å². The lowest BCUT2D eigenvalue weighted by Crippen LogP contribution is -2.63. The standard InChI is InChI=1S/C15H20N4O/c1-2-9-18-15(7-4-8-15)19-14(20)11-5-3-6-12-13(11)17-10-16-12/h3,5-6,10,18H,2,4,7-9H2,1H3,(H,16,17)(H,19,20). The van der Waals surface area contributed by atoms with E-state index in [0.717, 1.165) is 43.3 Å². The summed E-state index contributed by atoms with van der Waals surface area (Å²) in [4.78, 5) is 19.8. The molecule has 20 heavy (non-hydrogen) atoms. The molecule has 0 radical (unpaired) electrons. The number of aromatic amines is 1. The van der Waals surface area contributed by atoms with Crippen molar-refractivity contribution in [2.24, 2.45) is 0 Å². The molecule has 1 amide bonds. The highest BCUT2D eigenvalue weighted by Crippen LogP contribution is 2.29. The first-order valence-corrected chi connectivity index (χ1v) is 7.24. The Morgan fingerprint density at radius 2 is 2.30 bits per heavy atom. The maximum absolute atomic E-state index is 12.5. The molecular formula is C15H20N4O. The Labute approximate surface area is 118 Å². The van der Waals surface area contributed by atoms with Crippen molar-refractivity contribution in [1.82, 2.24) is 20.6 Å². The van der Waals surface area contributed by atoms with Crippen molar-refractivity contribution in [1.29, 1.82) is 0 Å². The first-order valence-electron chi connectivity index (χ1n) is 7.24. The Hall–Kier alpha value is -1.88. The van der Waals surface area contributed by atoms with Crippen molar-refractivity contribution in [2.45, 2.75) is 38.3 Å². The van der Waals surface area contributed by atoms with Crippen LogP contribution in [0, 0.1) is 0 Å². The Morgan fingerprint density at radius 3 is 3.00 bits per heavy atom. The van der Waals surface area contributed by atoms with Gasteiger partial charge in [0.2, 0.25) is 0 Å². The van der Waals surface area contributed by atoms with Crippen LogP contribution in [0.15, 0.2) is 24.5 Å². The smallest absolute Gasteiger partial charge is 0.254 e. The SMILES string of the molecule is CCCNC1(NC(=O)c2cccc3[nH]cnc23)CCC1. The minimum atomic E-state index is -0.217. The van der Waals surface area contributed by atoms with Gasteiger partial charge in [-0.15, -0.1) is 0 Å². The average molecular weight is 272 g/mol. The van der Waals surface area contributed by atoms with Crippen molar-refractivity contribution in [3.63, 3.8) is 0 Å². The number of carbonyl (C=O) groups excluding carboxylic acids is 1. The zero-order valence-electron chi connectivity index (χ0n) is 11.7. The molecule has 0 aliphatic heterocycles. The lowest BCUT2D eigenvalue weighted by atomic mass is 9.84. The molecule has 5 heteroatoms. The summed E-state index contributed by atoms with van der Waals surface area (Å²) in [5.41, 5.74) is 2.04. The van der Waals surface area contributed by atoms with Crippen LogP contribution in [0.2, 0.25) is 0 Å². The lowest BCUT2D eigenvalue weighted by molar-refractivity contribution is 0.0761. The zero-order valence-corrected chi connectivity index (χ0v) is 11.7. The van der Waals surface area contributed by atoms with Gasteiger partial charge >= 0.3 is 0 Å². The number of hydrogen-bond donors (Lipinski definition) is 3. The van der Waals surface area contributed by atoms with Crippen LogP contribution in [-0.4, -0.2) is 28.1 Å². The summed E-state index contributed by atoms with van der Waals surface area (Å²) in [6, 6.07) is 5.63. The fourth-order valence-corrected chi connectivity index (χ4v) is 2.67. The van der Waals surface area contributed by atoms with Crippen molar-refractivity contribution >= 4 is 16.9 Å². The summed E-state index contributed by atoms with van der Waals surface area (Å²) >= 11 is 0. The maximum atomic E-state index is 12.5. The quantitative estimate of drug-likeness (QED) is 0.731. The first kappa shape index (κ1) is 13.1. The first-order chi connectivity index (χ1) is 9.74. The number of imidazole rings is 1. The lowest BCUT2D eigenvalue weighted by Gasteiger charge is -2.43. The second kappa shape index (κ2) is 5.25. The Bertz CT molecular complexity index is 615. The molecule has 5 nitrogen and oxygen atoms in total. The summed E-state index contributed by atoms with van der Waals surface area (Å²) in [5.74, 6) is -0.0500. The summed E-state index contributed by atoms with van der Waals surface area (Å²) < 4.78 is 0. The van der Waals surface area contributed by atoms with Crippen LogP contribution in [0.3, 0.4) is 0 Å². The van der Waals surface area contributed by atoms with Crippen LogP contribution in [0.1, 0.15) is 43.0 Å². The number of para-hydroxylation sites is 1. The predicted molar refractivity (Wildman–Crippen MR) is 78.4 cm³/mol. The molecule has 0 atom stereocenters. The van der Waals surface area contributed by atoms with Crippen molar-refractivity contribution in [2.75, 3.05) is 6.54 Å². The molecule has 3 N–H and O–H groups in total. The van der Waals surface area contributed by atoms with E-state index >= 15 is 0 Å². The van der Waals surface area contributed by atoms with Crippen molar-refractivity contribution in [3.8, 4) is 0 Å². The summed E-state index contributed by atoms with van der Waals surface area (Å²) in [6.45, 7) is 3.05. The Morgan fingerprint density at radius 1 is 1.45 bits per heavy atom. The molecular weight excluding hydrogens is 252 g/mol. The van der Waals surface area contributed by atoms with Gasteiger partial charge in [-0.25, -0.2) is 4.98 Å². The van der Waals surface area contributed by atoms with Crippen LogP contribution < -0.4 is 10.6 Å². The van der Waals surface area contributed by atoms with Gasteiger partial charge in [0.15, 0.2) is 0 Å². The second-order valence-electron chi connectivity index (χ2n) is 5.42. The number of aromatic nitrogens is 2. The van der Waals surface area contributed by atoms with E-state index in [9.17, 15) is 4.79 Å². The fraction of sp³-hybridized carbons (Fsp3) is 0.467. The largest absolute Gasteiger partial charge is 0.345 e. The third-order valence-electron chi connectivity index (χ3n) is 3.97. The van der Waals surface area contributed by atoms with Gasteiger partial charge in [-0.2, -0.15) is 0 Å². The van der Waals surface area contributed by atoms with Gasteiger partial charge < -0.3 is 10.3 Å². The molecule has 0 unspecified atom stereocenters. The molecule has 1 aliphatic rings. The van der Waals surface area contributed by atoms with Crippen LogP contribution in [-0.2, 0) is 0 Å². The molecule has 2 aromatic rings. The molecule has 1 heterocycles. The van der Waals surface area contributed by atoms with Gasteiger partial charge in [-0.1, -0.05) is 13.0 Å². The van der Waals surface area contributed by atoms with Gasteiger partial charge in [0.25, 0.3) is 5.91 Å². The molecule has 1 aromatic heterocycles. The van der Waals surface area contributed by atoms with Gasteiger partial charge in [0.1, 0.15) is 5.52 Å². The molecule has 1 saturated carbocycles. The van der Waals surface area contributed by atoms with E-state index in [1.165, 1.54) is 0 Å². The van der Waals surface area contributed by atoms with Crippen molar-refractivity contribution in [3.05, 3.63) is 30.1 Å². The molecule has 0 saturated heterocycles. The summed E-state index contributed by atoms with van der Waals surface area (Å²) in [7, 11) is 0. The highest BCUT2D eigenvalue weighted by atomic mass is 16.2. The summed E-state index contributed by atoms with van der Waals surface area (Å²) in [5, 5.41) is 6.62. The number of fused-ring (bicyclic) bond motifs is 1. The highest BCUT2D eigenvalue weighted by Gasteiger charge is 2.38. The molecule has 106 valence electrons. The van der Waals surface area contributed by atoms with Gasteiger partial charge in [-0.05, 0) is 44.4 Å². The number of nitrogens with zero attached hydrogens (tertiary/aromatic N) is 1. The van der Waals surface area contributed by atoms with E-state index in [1.54, 1.807) is 6.33 Å². The fourth-order valence-electron chi connectivity index (χ4n) is 2.67. The zero-order chi connectivity index (χ0) is 14.0. The highest BCUT2D eigenvalue weighted by molar-refractivity contribution is 6.05. The van der Waals surface area contributed by atoms with Crippen LogP contribution in [0.5, 0.6) is 0 Å². The number of benzene rings is 1. The van der Waals surface area contributed by atoms with E-state index < -0.39 is 0 Å². The van der Waals surface area contributed by atoms with Crippen LogP contribution in [0.25, 0.3) is 11.0 Å². The van der Waals surface area contributed by atoms with Gasteiger partial charge in [-0.3, -0.25) is 10.1 Å². The van der Waals surface area contributed by atoms with E-state index in [1.807, 2.05) is 18.2 Å². The molecule has 1 aromatic carbocycles. The third-order valence-corrected chi connectivity index (χ3v) is 3.97.